The number of morpholine rings is 2. The van der Waals surface area contributed by atoms with Gasteiger partial charge in [-0.05, 0) is 30.5 Å². The van der Waals surface area contributed by atoms with Crippen molar-refractivity contribution >= 4 is 29.0 Å². The van der Waals surface area contributed by atoms with Crippen LogP contribution in [0.25, 0.3) is 0 Å². The summed E-state index contributed by atoms with van der Waals surface area (Å²) in [6.07, 6.45) is 1.04. The molecule has 162 valence electrons. The van der Waals surface area contributed by atoms with Crippen LogP contribution in [0.15, 0.2) is 18.2 Å². The maximum Gasteiger partial charge on any atom is 0.319 e. The molecule has 1 aromatic rings. The number of halogens is 1. The summed E-state index contributed by atoms with van der Waals surface area (Å²) in [6.45, 7) is 11.3. The molecule has 1 unspecified atom stereocenters. The van der Waals surface area contributed by atoms with Gasteiger partial charge in [0.05, 0.1) is 37.8 Å². The van der Waals surface area contributed by atoms with Gasteiger partial charge in [-0.25, -0.2) is 4.79 Å². The van der Waals surface area contributed by atoms with Crippen LogP contribution in [0.1, 0.15) is 20.3 Å². The monoisotopic (exact) mass is 424 g/mol. The summed E-state index contributed by atoms with van der Waals surface area (Å²) in [6, 6.07) is 5.72. The molecule has 0 spiro atoms. The normalized spacial score (nSPS) is 19.2. The molecular weight excluding hydrogens is 392 g/mol. The molecule has 0 radical (unpaired) electrons. The van der Waals surface area contributed by atoms with Crippen LogP contribution in [0.4, 0.5) is 16.2 Å². The molecule has 3 rings (SSSR count). The Morgan fingerprint density at radius 2 is 1.76 bits per heavy atom. The summed E-state index contributed by atoms with van der Waals surface area (Å²) in [5, 5.41) is 6.67. The van der Waals surface area contributed by atoms with Crippen LogP contribution in [0.2, 0.25) is 5.02 Å². The van der Waals surface area contributed by atoms with Crippen molar-refractivity contribution in [2.24, 2.45) is 5.92 Å². The summed E-state index contributed by atoms with van der Waals surface area (Å²) in [5.41, 5.74) is 1.70. The fourth-order valence-electron chi connectivity index (χ4n) is 3.91. The molecule has 7 nitrogen and oxygen atoms in total. The van der Waals surface area contributed by atoms with Crippen LogP contribution in [-0.2, 0) is 9.47 Å². The molecule has 2 fully saturated rings. The third kappa shape index (κ3) is 6.74. The quantitative estimate of drug-likeness (QED) is 0.704. The van der Waals surface area contributed by atoms with E-state index >= 15 is 0 Å². The van der Waals surface area contributed by atoms with Crippen LogP contribution in [0.3, 0.4) is 0 Å². The zero-order valence-corrected chi connectivity index (χ0v) is 18.2. The molecular formula is C21H33ClN4O3. The number of carbonyl (C=O) groups is 1. The largest absolute Gasteiger partial charge is 0.379 e. The van der Waals surface area contributed by atoms with Crippen LogP contribution >= 0.6 is 11.6 Å². The van der Waals surface area contributed by atoms with Gasteiger partial charge in [-0.2, -0.15) is 0 Å². The standard InChI is InChI=1S/C21H33ClN4O3/c1-16(2)13-18(25-5-9-28-10-6-25)15-23-21(27)24-19-14-17(22)3-4-20(19)26-7-11-29-12-8-26/h3-4,14,16,18H,5-13,15H2,1-2H3,(H2,23,24,27). The Labute approximate surface area is 178 Å². The third-order valence-corrected chi connectivity index (χ3v) is 5.60. The summed E-state index contributed by atoms with van der Waals surface area (Å²) in [4.78, 5) is 17.3. The predicted molar refractivity (Wildman–Crippen MR) is 117 cm³/mol. The number of carbonyl (C=O) groups excluding carboxylic acids is 1. The van der Waals surface area contributed by atoms with E-state index in [1.54, 1.807) is 6.07 Å². The number of nitrogens with one attached hydrogen (secondary N) is 2. The highest BCUT2D eigenvalue weighted by Gasteiger charge is 2.23. The SMILES string of the molecule is CC(C)CC(CNC(=O)Nc1cc(Cl)ccc1N1CCOCC1)N1CCOCC1. The van der Waals surface area contributed by atoms with E-state index in [-0.39, 0.29) is 6.03 Å². The van der Waals surface area contributed by atoms with Gasteiger partial charge in [0.15, 0.2) is 0 Å². The molecule has 1 atom stereocenters. The van der Waals surface area contributed by atoms with Gasteiger partial charge >= 0.3 is 6.03 Å². The van der Waals surface area contributed by atoms with Gasteiger partial charge in [0.1, 0.15) is 0 Å². The lowest BCUT2D eigenvalue weighted by Gasteiger charge is -2.35. The van der Waals surface area contributed by atoms with Crippen molar-refractivity contribution in [2.75, 3.05) is 69.4 Å². The highest BCUT2D eigenvalue weighted by atomic mass is 35.5. The van der Waals surface area contributed by atoms with Gasteiger partial charge < -0.3 is 25.0 Å². The van der Waals surface area contributed by atoms with E-state index in [2.05, 4.69) is 34.3 Å². The molecule has 2 amide bonds. The second-order valence-electron chi connectivity index (χ2n) is 8.03. The van der Waals surface area contributed by atoms with E-state index in [9.17, 15) is 4.79 Å². The molecule has 2 N–H and O–H groups in total. The van der Waals surface area contributed by atoms with E-state index in [1.807, 2.05) is 12.1 Å². The Morgan fingerprint density at radius 3 is 2.41 bits per heavy atom. The van der Waals surface area contributed by atoms with Gasteiger partial charge in [0.25, 0.3) is 0 Å². The highest BCUT2D eigenvalue weighted by Crippen LogP contribution is 2.29. The van der Waals surface area contributed by atoms with Crippen molar-refractivity contribution in [3.63, 3.8) is 0 Å². The molecule has 2 heterocycles. The fourth-order valence-corrected chi connectivity index (χ4v) is 4.09. The van der Waals surface area contributed by atoms with Crippen LogP contribution in [-0.4, -0.2) is 76.1 Å². The first-order valence-electron chi connectivity index (χ1n) is 10.5. The maximum absolute atomic E-state index is 12.7. The van der Waals surface area contributed by atoms with Gasteiger partial charge in [0.2, 0.25) is 0 Å². The van der Waals surface area contributed by atoms with Gasteiger partial charge in [-0.15, -0.1) is 0 Å². The Hall–Kier alpha value is -1.54. The van der Waals surface area contributed by atoms with E-state index in [1.165, 1.54) is 0 Å². The van der Waals surface area contributed by atoms with Gasteiger partial charge in [0, 0.05) is 43.8 Å². The minimum atomic E-state index is -0.205. The van der Waals surface area contributed by atoms with Crippen LogP contribution in [0, 0.1) is 5.92 Å². The molecule has 2 aliphatic heterocycles. The molecule has 8 heteroatoms. The number of anilines is 2. The van der Waals surface area contributed by atoms with Gasteiger partial charge in [-0.1, -0.05) is 25.4 Å². The third-order valence-electron chi connectivity index (χ3n) is 5.36. The van der Waals surface area contributed by atoms with Crippen LogP contribution < -0.4 is 15.5 Å². The van der Waals surface area contributed by atoms with Crippen molar-refractivity contribution in [1.82, 2.24) is 10.2 Å². The number of amides is 2. The Bertz CT molecular complexity index is 661. The molecule has 0 bridgehead atoms. The maximum atomic E-state index is 12.7. The first-order valence-corrected chi connectivity index (χ1v) is 10.9. The van der Waals surface area contributed by atoms with Crippen molar-refractivity contribution in [3.8, 4) is 0 Å². The van der Waals surface area contributed by atoms with E-state index in [0.717, 1.165) is 57.2 Å². The zero-order valence-electron chi connectivity index (χ0n) is 17.5. The first-order chi connectivity index (χ1) is 14.0. The van der Waals surface area contributed by atoms with Gasteiger partial charge in [-0.3, -0.25) is 4.90 Å². The minimum Gasteiger partial charge on any atom is -0.379 e. The number of nitrogens with zero attached hydrogens (tertiary/aromatic N) is 2. The van der Waals surface area contributed by atoms with Crippen LogP contribution in [0.5, 0.6) is 0 Å². The summed E-state index contributed by atoms with van der Waals surface area (Å²) < 4.78 is 10.9. The summed E-state index contributed by atoms with van der Waals surface area (Å²) in [5.74, 6) is 0.563. The molecule has 0 aromatic heterocycles. The summed E-state index contributed by atoms with van der Waals surface area (Å²) in [7, 11) is 0. The average molecular weight is 425 g/mol. The number of rotatable bonds is 7. The number of benzene rings is 1. The minimum absolute atomic E-state index is 0.205. The molecule has 2 aliphatic rings. The number of hydrogen-bond donors (Lipinski definition) is 2. The zero-order chi connectivity index (χ0) is 20.6. The second-order valence-corrected chi connectivity index (χ2v) is 8.46. The number of urea groups is 1. The topological polar surface area (TPSA) is 66.1 Å². The van der Waals surface area contributed by atoms with E-state index < -0.39 is 0 Å². The smallest absolute Gasteiger partial charge is 0.319 e. The fraction of sp³-hybridized carbons (Fsp3) is 0.667. The number of ether oxygens (including phenoxy) is 2. The summed E-state index contributed by atoms with van der Waals surface area (Å²) >= 11 is 6.19. The Morgan fingerprint density at radius 1 is 1.10 bits per heavy atom. The molecule has 1 aromatic carbocycles. The Kier molecular flexibility index (Phi) is 8.41. The van der Waals surface area contributed by atoms with Crippen molar-refractivity contribution in [2.45, 2.75) is 26.3 Å². The lowest BCUT2D eigenvalue weighted by Crippen LogP contribution is -2.49. The van der Waals surface area contributed by atoms with E-state index in [4.69, 9.17) is 21.1 Å². The number of hydrogen-bond acceptors (Lipinski definition) is 5. The molecule has 29 heavy (non-hydrogen) atoms. The highest BCUT2D eigenvalue weighted by molar-refractivity contribution is 6.31. The first kappa shape index (κ1) is 22.2. The molecule has 2 saturated heterocycles. The lowest BCUT2D eigenvalue weighted by molar-refractivity contribution is 0.0130. The van der Waals surface area contributed by atoms with Crippen molar-refractivity contribution in [1.29, 1.82) is 0 Å². The van der Waals surface area contributed by atoms with Crippen molar-refractivity contribution < 1.29 is 14.3 Å². The van der Waals surface area contributed by atoms with E-state index in [0.29, 0.717) is 36.7 Å². The predicted octanol–water partition coefficient (Wildman–Crippen LogP) is 3.05. The molecule has 0 aliphatic carbocycles. The molecule has 0 saturated carbocycles. The Balaban J connectivity index is 1.61. The van der Waals surface area contributed by atoms with Crippen molar-refractivity contribution in [3.05, 3.63) is 23.2 Å². The second kappa shape index (κ2) is 11.0. The lowest BCUT2D eigenvalue weighted by atomic mass is 10.0. The average Bonchev–Trinajstić information content (AvgIpc) is 2.72.